The lowest BCUT2D eigenvalue weighted by Crippen LogP contribution is -2.40. The number of hydrogen-bond acceptors (Lipinski definition) is 2. The fourth-order valence-corrected chi connectivity index (χ4v) is 1.24. The van der Waals surface area contributed by atoms with E-state index in [1.165, 1.54) is 0 Å². The summed E-state index contributed by atoms with van der Waals surface area (Å²) in [6, 6.07) is 0. The van der Waals surface area contributed by atoms with Gasteiger partial charge in [0.05, 0.1) is 12.7 Å². The van der Waals surface area contributed by atoms with Gasteiger partial charge in [-0.15, -0.1) is 6.58 Å². The summed E-state index contributed by atoms with van der Waals surface area (Å²) < 4.78 is 5.38. The molecular weight excluding hydrogens is 126 g/mol. The highest BCUT2D eigenvalue weighted by molar-refractivity contribution is 4.76. The Bertz CT molecular complexity index is 114. The third-order valence-corrected chi connectivity index (χ3v) is 1.71. The van der Waals surface area contributed by atoms with E-state index in [0.717, 1.165) is 26.2 Å². The van der Waals surface area contributed by atoms with Crippen LogP contribution < -0.4 is 0 Å². The molecule has 1 fully saturated rings. The van der Waals surface area contributed by atoms with Crippen molar-refractivity contribution >= 4 is 0 Å². The standard InChI is InChI=1S/C8H15NO/c1-3-4-9-5-6-10-8(2)7-9/h3,8H,1,4-7H2,2H3/t8-/m1/s1. The summed E-state index contributed by atoms with van der Waals surface area (Å²) in [5.41, 5.74) is 0. The van der Waals surface area contributed by atoms with Crippen molar-refractivity contribution in [3.63, 3.8) is 0 Å². The first-order valence-corrected chi connectivity index (χ1v) is 3.78. The van der Waals surface area contributed by atoms with Crippen LogP contribution in [0.3, 0.4) is 0 Å². The van der Waals surface area contributed by atoms with Crippen LogP contribution in [0.4, 0.5) is 0 Å². The predicted molar refractivity (Wildman–Crippen MR) is 42.1 cm³/mol. The maximum atomic E-state index is 5.38. The molecule has 0 spiro atoms. The minimum absolute atomic E-state index is 0.397. The zero-order valence-corrected chi connectivity index (χ0v) is 6.55. The molecule has 2 nitrogen and oxygen atoms in total. The number of ether oxygens (including phenoxy) is 1. The van der Waals surface area contributed by atoms with Crippen molar-refractivity contribution in [1.29, 1.82) is 0 Å². The van der Waals surface area contributed by atoms with Gasteiger partial charge in [-0.3, -0.25) is 4.90 Å². The third kappa shape index (κ3) is 2.12. The number of nitrogens with zero attached hydrogens (tertiary/aromatic N) is 1. The van der Waals surface area contributed by atoms with E-state index in [1.54, 1.807) is 0 Å². The van der Waals surface area contributed by atoms with E-state index in [1.807, 2.05) is 6.08 Å². The molecule has 0 N–H and O–H groups in total. The van der Waals surface area contributed by atoms with E-state index < -0.39 is 0 Å². The quantitative estimate of drug-likeness (QED) is 0.530. The Morgan fingerprint density at radius 2 is 2.60 bits per heavy atom. The molecule has 1 atom stereocenters. The summed E-state index contributed by atoms with van der Waals surface area (Å²) in [6.45, 7) is 9.77. The molecule has 1 saturated heterocycles. The highest BCUT2D eigenvalue weighted by atomic mass is 16.5. The second kappa shape index (κ2) is 3.74. The first-order valence-electron chi connectivity index (χ1n) is 3.78. The van der Waals surface area contributed by atoms with Gasteiger partial charge in [0, 0.05) is 19.6 Å². The van der Waals surface area contributed by atoms with Gasteiger partial charge in [0.1, 0.15) is 0 Å². The second-order valence-electron chi connectivity index (χ2n) is 2.73. The van der Waals surface area contributed by atoms with E-state index in [4.69, 9.17) is 4.74 Å². The molecule has 0 aromatic heterocycles. The van der Waals surface area contributed by atoms with Crippen LogP contribution in [0.25, 0.3) is 0 Å². The van der Waals surface area contributed by atoms with Gasteiger partial charge in [0.15, 0.2) is 0 Å². The van der Waals surface area contributed by atoms with Gasteiger partial charge in [-0.2, -0.15) is 0 Å². The lowest BCUT2D eigenvalue weighted by Gasteiger charge is -2.29. The summed E-state index contributed by atoms with van der Waals surface area (Å²) in [5, 5.41) is 0. The molecule has 0 radical (unpaired) electrons. The van der Waals surface area contributed by atoms with Crippen molar-refractivity contribution in [3.8, 4) is 0 Å². The van der Waals surface area contributed by atoms with Crippen LogP contribution in [0.15, 0.2) is 12.7 Å². The molecule has 0 aromatic rings. The van der Waals surface area contributed by atoms with Gasteiger partial charge >= 0.3 is 0 Å². The molecule has 10 heavy (non-hydrogen) atoms. The highest BCUT2D eigenvalue weighted by Gasteiger charge is 2.14. The number of hydrogen-bond donors (Lipinski definition) is 0. The largest absolute Gasteiger partial charge is 0.376 e. The monoisotopic (exact) mass is 141 g/mol. The van der Waals surface area contributed by atoms with E-state index >= 15 is 0 Å². The summed E-state index contributed by atoms with van der Waals surface area (Å²) in [5.74, 6) is 0. The summed E-state index contributed by atoms with van der Waals surface area (Å²) in [7, 11) is 0. The normalized spacial score (nSPS) is 28.3. The molecule has 0 aromatic carbocycles. The van der Waals surface area contributed by atoms with Gasteiger partial charge in [-0.25, -0.2) is 0 Å². The Morgan fingerprint density at radius 1 is 1.80 bits per heavy atom. The van der Waals surface area contributed by atoms with Crippen LogP contribution in [0.2, 0.25) is 0 Å². The maximum Gasteiger partial charge on any atom is 0.0674 e. The molecular formula is C8H15NO. The summed E-state index contributed by atoms with van der Waals surface area (Å²) >= 11 is 0. The second-order valence-corrected chi connectivity index (χ2v) is 2.73. The average Bonchev–Trinajstić information content (AvgIpc) is 1.88. The van der Waals surface area contributed by atoms with Crippen molar-refractivity contribution in [1.82, 2.24) is 4.90 Å². The molecule has 2 heteroatoms. The molecule has 0 aliphatic carbocycles. The van der Waals surface area contributed by atoms with Crippen LogP contribution in [-0.2, 0) is 4.74 Å². The molecule has 0 saturated carbocycles. The molecule has 1 heterocycles. The van der Waals surface area contributed by atoms with Gasteiger partial charge < -0.3 is 4.74 Å². The Labute approximate surface area is 62.5 Å². The fraction of sp³-hybridized carbons (Fsp3) is 0.750. The third-order valence-electron chi connectivity index (χ3n) is 1.71. The van der Waals surface area contributed by atoms with Crippen molar-refractivity contribution < 1.29 is 4.74 Å². The SMILES string of the molecule is C=CCN1CCO[C@H](C)C1. The fourth-order valence-electron chi connectivity index (χ4n) is 1.24. The Kier molecular flexibility index (Phi) is 2.90. The van der Waals surface area contributed by atoms with Crippen molar-refractivity contribution in [2.75, 3.05) is 26.2 Å². The Hall–Kier alpha value is -0.340. The predicted octanol–water partition coefficient (Wildman–Crippen LogP) is 0.893. The van der Waals surface area contributed by atoms with E-state index in [9.17, 15) is 0 Å². The van der Waals surface area contributed by atoms with E-state index in [2.05, 4.69) is 18.4 Å². The molecule has 1 rings (SSSR count). The number of morpholine rings is 1. The zero-order chi connectivity index (χ0) is 7.40. The number of rotatable bonds is 2. The summed E-state index contributed by atoms with van der Waals surface area (Å²) in [4.78, 5) is 2.35. The molecule has 1 aliphatic heterocycles. The van der Waals surface area contributed by atoms with E-state index in [-0.39, 0.29) is 0 Å². The molecule has 1 aliphatic rings. The maximum absolute atomic E-state index is 5.38. The van der Waals surface area contributed by atoms with Gasteiger partial charge in [-0.05, 0) is 6.92 Å². The van der Waals surface area contributed by atoms with Gasteiger partial charge in [-0.1, -0.05) is 6.08 Å². The lowest BCUT2D eigenvalue weighted by molar-refractivity contribution is -0.0140. The minimum atomic E-state index is 0.397. The molecule has 0 unspecified atom stereocenters. The Morgan fingerprint density at radius 3 is 3.20 bits per heavy atom. The Balaban J connectivity index is 2.24. The van der Waals surface area contributed by atoms with Crippen molar-refractivity contribution in [2.45, 2.75) is 13.0 Å². The zero-order valence-electron chi connectivity index (χ0n) is 6.55. The first kappa shape index (κ1) is 7.76. The van der Waals surface area contributed by atoms with Crippen LogP contribution in [0, 0.1) is 0 Å². The molecule has 0 amide bonds. The van der Waals surface area contributed by atoms with Gasteiger partial charge in [0.25, 0.3) is 0 Å². The van der Waals surface area contributed by atoms with Crippen LogP contribution in [-0.4, -0.2) is 37.2 Å². The first-order chi connectivity index (χ1) is 4.83. The minimum Gasteiger partial charge on any atom is -0.376 e. The lowest BCUT2D eigenvalue weighted by atomic mass is 10.3. The smallest absolute Gasteiger partial charge is 0.0674 e. The summed E-state index contributed by atoms with van der Waals surface area (Å²) in [6.07, 6.45) is 2.34. The highest BCUT2D eigenvalue weighted by Crippen LogP contribution is 2.02. The average molecular weight is 141 g/mol. The van der Waals surface area contributed by atoms with E-state index in [0.29, 0.717) is 6.10 Å². The topological polar surface area (TPSA) is 12.5 Å². The molecule has 58 valence electrons. The van der Waals surface area contributed by atoms with Crippen molar-refractivity contribution in [2.24, 2.45) is 0 Å². The van der Waals surface area contributed by atoms with Gasteiger partial charge in [0.2, 0.25) is 0 Å². The molecule has 0 bridgehead atoms. The van der Waals surface area contributed by atoms with Crippen molar-refractivity contribution in [3.05, 3.63) is 12.7 Å². The van der Waals surface area contributed by atoms with Crippen LogP contribution in [0.5, 0.6) is 0 Å². The van der Waals surface area contributed by atoms with Crippen LogP contribution in [0.1, 0.15) is 6.92 Å². The van der Waals surface area contributed by atoms with Crippen LogP contribution >= 0.6 is 0 Å².